The van der Waals surface area contributed by atoms with Crippen molar-refractivity contribution in [2.75, 3.05) is 0 Å². The molecule has 2 rings (SSSR count). The molecule has 0 radical (unpaired) electrons. The van der Waals surface area contributed by atoms with E-state index in [1.54, 1.807) is 0 Å². The summed E-state index contributed by atoms with van der Waals surface area (Å²) < 4.78 is 5.03. The van der Waals surface area contributed by atoms with E-state index >= 15 is 0 Å². The van der Waals surface area contributed by atoms with Crippen LogP contribution in [0.4, 0.5) is 0 Å². The minimum atomic E-state index is -0.414. The van der Waals surface area contributed by atoms with Crippen LogP contribution in [0.2, 0.25) is 0 Å². The molecule has 1 amide bonds. The number of aliphatic imine (C=N–C) groups is 1. The molecule has 0 bridgehead atoms. The van der Waals surface area contributed by atoms with Crippen LogP contribution < -0.4 is 0 Å². The van der Waals surface area contributed by atoms with Crippen molar-refractivity contribution in [3.8, 4) is 0 Å². The van der Waals surface area contributed by atoms with E-state index in [4.69, 9.17) is 4.74 Å². The van der Waals surface area contributed by atoms with Gasteiger partial charge in [-0.1, -0.05) is 30.3 Å². The highest BCUT2D eigenvalue weighted by atomic mass is 16.5. The average molecular weight is 175 g/mol. The Balaban J connectivity index is 2.03. The second-order valence-corrected chi connectivity index (χ2v) is 2.89. The molecule has 0 aromatic heterocycles. The Kier molecular flexibility index (Phi) is 2.08. The zero-order valence-electron chi connectivity index (χ0n) is 7.01. The number of benzene rings is 1. The molecule has 3 heteroatoms. The molecular weight excluding hydrogens is 166 g/mol. The number of carbonyl (C=O) groups excluding carboxylic acids is 1. The van der Waals surface area contributed by atoms with Crippen LogP contribution in [0.5, 0.6) is 0 Å². The minimum Gasteiger partial charge on any atom is -0.470 e. The van der Waals surface area contributed by atoms with E-state index < -0.39 is 6.10 Å². The molecule has 3 nitrogen and oxygen atoms in total. The van der Waals surface area contributed by atoms with Gasteiger partial charge >= 0.3 is 0 Å². The van der Waals surface area contributed by atoms with Crippen LogP contribution in [0.1, 0.15) is 5.56 Å². The molecule has 0 saturated heterocycles. The smallest absolute Gasteiger partial charge is 0.289 e. The highest BCUT2D eigenvalue weighted by Crippen LogP contribution is 2.09. The lowest BCUT2D eigenvalue weighted by Gasteiger charge is -2.06. The monoisotopic (exact) mass is 175 g/mol. The molecule has 1 aliphatic heterocycles. The van der Waals surface area contributed by atoms with Crippen LogP contribution in [-0.4, -0.2) is 18.4 Å². The summed E-state index contributed by atoms with van der Waals surface area (Å²) in [5.41, 5.74) is 1.09. The van der Waals surface area contributed by atoms with Gasteiger partial charge in [0.25, 0.3) is 5.91 Å². The summed E-state index contributed by atoms with van der Waals surface area (Å²) in [6.45, 7) is 0. The molecule has 1 atom stereocenters. The third kappa shape index (κ3) is 1.75. The van der Waals surface area contributed by atoms with E-state index in [9.17, 15) is 4.79 Å². The van der Waals surface area contributed by atoms with Gasteiger partial charge in [0, 0.05) is 6.42 Å². The molecule has 0 aliphatic carbocycles. The fourth-order valence-electron chi connectivity index (χ4n) is 1.26. The van der Waals surface area contributed by atoms with Gasteiger partial charge in [-0.15, -0.1) is 0 Å². The van der Waals surface area contributed by atoms with E-state index in [-0.39, 0.29) is 5.91 Å². The Morgan fingerprint density at radius 2 is 2.08 bits per heavy atom. The lowest BCUT2D eigenvalue weighted by Crippen LogP contribution is -2.18. The Labute approximate surface area is 76.1 Å². The van der Waals surface area contributed by atoms with Crippen LogP contribution in [-0.2, 0) is 16.0 Å². The molecule has 66 valence electrons. The summed E-state index contributed by atoms with van der Waals surface area (Å²) in [6, 6.07) is 9.76. The third-order valence-corrected chi connectivity index (χ3v) is 1.94. The Bertz CT molecular complexity index is 332. The number of hydrogen-bond acceptors (Lipinski definition) is 2. The van der Waals surface area contributed by atoms with Crippen molar-refractivity contribution in [2.45, 2.75) is 12.5 Å². The molecular formula is C10H9NO2. The number of ether oxygens (including phenoxy) is 1. The molecule has 1 aromatic carbocycles. The summed E-state index contributed by atoms with van der Waals surface area (Å²) >= 11 is 0. The lowest BCUT2D eigenvalue weighted by atomic mass is 10.1. The van der Waals surface area contributed by atoms with Crippen molar-refractivity contribution in [1.29, 1.82) is 0 Å². The lowest BCUT2D eigenvalue weighted by molar-refractivity contribution is -0.122. The van der Waals surface area contributed by atoms with Crippen molar-refractivity contribution >= 4 is 12.3 Å². The predicted molar refractivity (Wildman–Crippen MR) is 48.5 cm³/mol. The van der Waals surface area contributed by atoms with Crippen molar-refractivity contribution in [3.05, 3.63) is 35.9 Å². The fourth-order valence-corrected chi connectivity index (χ4v) is 1.26. The first-order valence-corrected chi connectivity index (χ1v) is 4.12. The van der Waals surface area contributed by atoms with Gasteiger partial charge in [0.2, 0.25) is 0 Å². The number of hydrogen-bond donors (Lipinski definition) is 0. The molecule has 0 spiro atoms. The van der Waals surface area contributed by atoms with Gasteiger partial charge in [-0.05, 0) is 5.56 Å². The highest BCUT2D eigenvalue weighted by molar-refractivity contribution is 5.91. The van der Waals surface area contributed by atoms with Crippen molar-refractivity contribution in [3.63, 3.8) is 0 Å². The van der Waals surface area contributed by atoms with Gasteiger partial charge in [0.05, 0.1) is 0 Å². The normalized spacial score (nSPS) is 20.3. The van der Waals surface area contributed by atoms with E-state index in [0.29, 0.717) is 6.42 Å². The van der Waals surface area contributed by atoms with Crippen LogP contribution >= 0.6 is 0 Å². The minimum absolute atomic E-state index is 0.191. The number of carbonyl (C=O) groups is 1. The zero-order valence-corrected chi connectivity index (χ0v) is 7.01. The molecule has 0 fully saturated rings. The van der Waals surface area contributed by atoms with E-state index in [1.807, 2.05) is 30.3 Å². The topological polar surface area (TPSA) is 38.7 Å². The average Bonchev–Trinajstić information content (AvgIpc) is 2.54. The molecule has 13 heavy (non-hydrogen) atoms. The first-order chi connectivity index (χ1) is 6.36. The number of amides is 1. The Hall–Kier alpha value is -1.64. The second-order valence-electron chi connectivity index (χ2n) is 2.89. The maximum Gasteiger partial charge on any atom is 0.289 e. The Morgan fingerprint density at radius 1 is 1.31 bits per heavy atom. The van der Waals surface area contributed by atoms with Crippen LogP contribution in [0, 0.1) is 0 Å². The van der Waals surface area contributed by atoms with Crippen molar-refractivity contribution < 1.29 is 9.53 Å². The van der Waals surface area contributed by atoms with Gasteiger partial charge in [0.1, 0.15) is 0 Å². The van der Waals surface area contributed by atoms with Crippen LogP contribution in [0.25, 0.3) is 0 Å². The first kappa shape index (κ1) is 7.98. The van der Waals surface area contributed by atoms with Gasteiger partial charge < -0.3 is 4.74 Å². The SMILES string of the molecule is O=C1N=CO[C@H]1Cc1ccccc1. The fraction of sp³-hybridized carbons (Fsp3) is 0.200. The summed E-state index contributed by atoms with van der Waals surface area (Å²) in [7, 11) is 0. The van der Waals surface area contributed by atoms with Crippen LogP contribution in [0.3, 0.4) is 0 Å². The van der Waals surface area contributed by atoms with Gasteiger partial charge in [-0.2, -0.15) is 4.99 Å². The molecule has 1 heterocycles. The maximum atomic E-state index is 11.1. The van der Waals surface area contributed by atoms with Gasteiger partial charge in [0.15, 0.2) is 12.5 Å². The summed E-state index contributed by atoms with van der Waals surface area (Å²) in [6.07, 6.45) is 1.40. The van der Waals surface area contributed by atoms with Crippen LogP contribution in [0.15, 0.2) is 35.3 Å². The standard InChI is InChI=1S/C10H9NO2/c12-10-9(13-7-11-10)6-8-4-2-1-3-5-8/h1-5,7,9H,6H2/t9-/m0/s1. The van der Waals surface area contributed by atoms with Gasteiger partial charge in [-0.25, -0.2) is 0 Å². The molecule has 1 aromatic rings. The summed E-state index contributed by atoms with van der Waals surface area (Å²) in [5, 5.41) is 0. The molecule has 0 N–H and O–H groups in total. The summed E-state index contributed by atoms with van der Waals surface area (Å²) in [5.74, 6) is -0.191. The Morgan fingerprint density at radius 3 is 2.69 bits per heavy atom. The van der Waals surface area contributed by atoms with Crippen molar-refractivity contribution in [2.24, 2.45) is 4.99 Å². The quantitative estimate of drug-likeness (QED) is 0.677. The van der Waals surface area contributed by atoms with E-state index in [1.165, 1.54) is 6.40 Å². The predicted octanol–water partition coefficient (Wildman–Crippen LogP) is 1.18. The first-order valence-electron chi connectivity index (χ1n) is 4.12. The number of nitrogens with zero attached hydrogens (tertiary/aromatic N) is 1. The zero-order chi connectivity index (χ0) is 9.10. The second kappa shape index (κ2) is 3.39. The maximum absolute atomic E-state index is 11.1. The number of rotatable bonds is 2. The molecule has 1 aliphatic rings. The highest BCUT2D eigenvalue weighted by Gasteiger charge is 2.22. The van der Waals surface area contributed by atoms with E-state index in [0.717, 1.165) is 5.56 Å². The third-order valence-electron chi connectivity index (χ3n) is 1.94. The van der Waals surface area contributed by atoms with E-state index in [2.05, 4.69) is 4.99 Å². The summed E-state index contributed by atoms with van der Waals surface area (Å²) in [4.78, 5) is 14.6. The molecule has 0 unspecified atom stereocenters. The largest absolute Gasteiger partial charge is 0.470 e. The van der Waals surface area contributed by atoms with Crippen molar-refractivity contribution in [1.82, 2.24) is 0 Å². The molecule has 0 saturated carbocycles. The van der Waals surface area contributed by atoms with Gasteiger partial charge in [-0.3, -0.25) is 4.79 Å².